The van der Waals surface area contributed by atoms with E-state index in [0.717, 1.165) is 12.8 Å². The molecule has 19 heavy (non-hydrogen) atoms. The van der Waals surface area contributed by atoms with Gasteiger partial charge in [0.25, 0.3) is 0 Å². The first-order valence-corrected chi connectivity index (χ1v) is 6.24. The van der Waals surface area contributed by atoms with Crippen molar-refractivity contribution in [3.8, 4) is 5.75 Å². The molecule has 0 heterocycles. The minimum Gasteiger partial charge on any atom is -0.491 e. The maximum absolute atomic E-state index is 10.9. The molecule has 2 N–H and O–H groups in total. The number of ether oxygens (including phenoxy) is 1. The van der Waals surface area contributed by atoms with Gasteiger partial charge in [0.1, 0.15) is 12.4 Å². The molecule has 1 atom stereocenters. The van der Waals surface area contributed by atoms with Gasteiger partial charge >= 0.3 is 5.97 Å². The molecule has 1 aromatic rings. The largest absolute Gasteiger partial charge is 0.491 e. The van der Waals surface area contributed by atoms with Crippen LogP contribution in [0.2, 0.25) is 0 Å². The molecular formula is C14H19NO4. The van der Waals surface area contributed by atoms with E-state index in [2.05, 4.69) is 12.2 Å². The van der Waals surface area contributed by atoms with E-state index in [1.54, 1.807) is 12.1 Å². The van der Waals surface area contributed by atoms with Gasteiger partial charge in [-0.25, -0.2) is 4.79 Å². The average molecular weight is 265 g/mol. The molecule has 104 valence electrons. The standard InChI is InChI=1S/C14H19NO4/c1-3-4-11-5-7-12(8-6-11)19-9-13(14(17)18)15-10(2)16/h5-8,13H,3-4,9H2,1-2H3,(H,15,16)(H,17,18). The maximum atomic E-state index is 10.9. The van der Waals surface area contributed by atoms with Gasteiger partial charge in [-0.3, -0.25) is 4.79 Å². The van der Waals surface area contributed by atoms with Crippen LogP contribution in [-0.4, -0.2) is 29.6 Å². The fourth-order valence-corrected chi connectivity index (χ4v) is 1.64. The van der Waals surface area contributed by atoms with Gasteiger partial charge in [0.05, 0.1) is 0 Å². The lowest BCUT2D eigenvalue weighted by Gasteiger charge is -2.14. The zero-order chi connectivity index (χ0) is 14.3. The molecule has 0 saturated heterocycles. The second kappa shape index (κ2) is 7.41. The van der Waals surface area contributed by atoms with Crippen molar-refractivity contribution in [1.82, 2.24) is 5.32 Å². The number of carbonyl (C=O) groups is 2. The lowest BCUT2D eigenvalue weighted by atomic mass is 10.1. The zero-order valence-electron chi connectivity index (χ0n) is 11.2. The van der Waals surface area contributed by atoms with Crippen molar-refractivity contribution < 1.29 is 19.4 Å². The fourth-order valence-electron chi connectivity index (χ4n) is 1.64. The number of rotatable bonds is 7. The van der Waals surface area contributed by atoms with Crippen molar-refractivity contribution in [2.24, 2.45) is 0 Å². The van der Waals surface area contributed by atoms with Gasteiger partial charge in [0.2, 0.25) is 5.91 Å². The number of carbonyl (C=O) groups excluding carboxylic acids is 1. The van der Waals surface area contributed by atoms with Gasteiger partial charge < -0.3 is 15.2 Å². The topological polar surface area (TPSA) is 75.6 Å². The summed E-state index contributed by atoms with van der Waals surface area (Å²) in [5.41, 5.74) is 1.21. The van der Waals surface area contributed by atoms with Crippen molar-refractivity contribution in [3.05, 3.63) is 29.8 Å². The smallest absolute Gasteiger partial charge is 0.329 e. The van der Waals surface area contributed by atoms with Crippen LogP contribution in [0.25, 0.3) is 0 Å². The second-order valence-corrected chi connectivity index (χ2v) is 4.30. The van der Waals surface area contributed by atoms with Crippen molar-refractivity contribution >= 4 is 11.9 Å². The Labute approximate surface area is 112 Å². The highest BCUT2D eigenvalue weighted by atomic mass is 16.5. The Balaban J connectivity index is 2.54. The van der Waals surface area contributed by atoms with Crippen LogP contribution in [0, 0.1) is 0 Å². The van der Waals surface area contributed by atoms with Crippen LogP contribution in [0.15, 0.2) is 24.3 Å². The highest BCUT2D eigenvalue weighted by Gasteiger charge is 2.18. The van der Waals surface area contributed by atoms with Gasteiger partial charge in [-0.15, -0.1) is 0 Å². The average Bonchev–Trinajstić information content (AvgIpc) is 2.36. The van der Waals surface area contributed by atoms with Crippen molar-refractivity contribution in [3.63, 3.8) is 0 Å². The summed E-state index contributed by atoms with van der Waals surface area (Å²) in [5.74, 6) is -0.913. The van der Waals surface area contributed by atoms with Crippen LogP contribution in [0.1, 0.15) is 25.8 Å². The van der Waals surface area contributed by atoms with E-state index in [-0.39, 0.29) is 6.61 Å². The van der Waals surface area contributed by atoms with E-state index in [1.165, 1.54) is 12.5 Å². The zero-order valence-corrected chi connectivity index (χ0v) is 11.2. The Morgan fingerprint density at radius 3 is 2.42 bits per heavy atom. The molecule has 0 saturated carbocycles. The summed E-state index contributed by atoms with van der Waals surface area (Å²) in [4.78, 5) is 21.8. The Kier molecular flexibility index (Phi) is 5.85. The Morgan fingerprint density at radius 2 is 1.95 bits per heavy atom. The van der Waals surface area contributed by atoms with Gasteiger partial charge in [0, 0.05) is 6.92 Å². The maximum Gasteiger partial charge on any atom is 0.329 e. The van der Waals surface area contributed by atoms with Crippen LogP contribution in [0.5, 0.6) is 5.75 Å². The third kappa shape index (κ3) is 5.42. The van der Waals surface area contributed by atoms with Crippen molar-refractivity contribution in [2.75, 3.05) is 6.61 Å². The third-order valence-corrected chi connectivity index (χ3v) is 2.55. The Hall–Kier alpha value is -2.04. The molecule has 1 amide bonds. The van der Waals surface area contributed by atoms with Crippen molar-refractivity contribution in [1.29, 1.82) is 0 Å². The second-order valence-electron chi connectivity index (χ2n) is 4.30. The van der Waals surface area contributed by atoms with Gasteiger partial charge in [0.15, 0.2) is 6.04 Å². The highest BCUT2D eigenvalue weighted by Crippen LogP contribution is 2.13. The van der Waals surface area contributed by atoms with Crippen LogP contribution >= 0.6 is 0 Å². The summed E-state index contributed by atoms with van der Waals surface area (Å²) in [7, 11) is 0. The molecule has 0 spiro atoms. The molecule has 0 aromatic heterocycles. The molecule has 1 aromatic carbocycles. The van der Waals surface area contributed by atoms with E-state index in [1.807, 2.05) is 12.1 Å². The van der Waals surface area contributed by atoms with E-state index in [0.29, 0.717) is 5.75 Å². The van der Waals surface area contributed by atoms with Crippen LogP contribution in [0.3, 0.4) is 0 Å². The minimum absolute atomic E-state index is 0.0952. The quantitative estimate of drug-likeness (QED) is 0.785. The number of carboxylic acid groups (broad SMARTS) is 1. The summed E-state index contributed by atoms with van der Waals surface area (Å²) in [6, 6.07) is 6.47. The van der Waals surface area contributed by atoms with E-state index in [4.69, 9.17) is 9.84 Å². The van der Waals surface area contributed by atoms with Crippen LogP contribution in [-0.2, 0) is 16.0 Å². The van der Waals surface area contributed by atoms with E-state index in [9.17, 15) is 9.59 Å². The number of aliphatic carboxylic acids is 1. The molecule has 1 unspecified atom stereocenters. The molecule has 5 nitrogen and oxygen atoms in total. The Bertz CT molecular complexity index is 428. The van der Waals surface area contributed by atoms with Gasteiger partial charge in [-0.2, -0.15) is 0 Å². The number of hydrogen-bond acceptors (Lipinski definition) is 3. The van der Waals surface area contributed by atoms with Gasteiger partial charge in [-0.05, 0) is 24.1 Å². The Morgan fingerprint density at radius 1 is 1.32 bits per heavy atom. The first kappa shape index (κ1) is 15.0. The normalized spacial score (nSPS) is 11.7. The lowest BCUT2D eigenvalue weighted by molar-refractivity contribution is -0.142. The first-order valence-electron chi connectivity index (χ1n) is 6.24. The number of benzene rings is 1. The minimum atomic E-state index is -1.11. The summed E-state index contributed by atoms with van der Waals surface area (Å²) < 4.78 is 5.37. The SMILES string of the molecule is CCCc1ccc(OCC(NC(C)=O)C(=O)O)cc1. The number of amides is 1. The molecule has 0 bridgehead atoms. The van der Waals surface area contributed by atoms with Gasteiger partial charge in [-0.1, -0.05) is 25.5 Å². The summed E-state index contributed by atoms with van der Waals surface area (Å²) in [5, 5.41) is 11.2. The molecule has 0 aliphatic heterocycles. The highest BCUT2D eigenvalue weighted by molar-refractivity contribution is 5.82. The molecule has 0 fully saturated rings. The van der Waals surface area contributed by atoms with E-state index < -0.39 is 17.9 Å². The number of aryl methyl sites for hydroxylation is 1. The fraction of sp³-hybridized carbons (Fsp3) is 0.429. The van der Waals surface area contributed by atoms with Crippen molar-refractivity contribution in [2.45, 2.75) is 32.7 Å². The predicted octanol–water partition coefficient (Wildman–Crippen LogP) is 1.61. The van der Waals surface area contributed by atoms with Crippen LogP contribution in [0.4, 0.5) is 0 Å². The third-order valence-electron chi connectivity index (χ3n) is 2.55. The summed E-state index contributed by atoms with van der Waals surface area (Å²) in [6.07, 6.45) is 2.08. The number of carboxylic acids is 1. The molecular weight excluding hydrogens is 246 g/mol. The van der Waals surface area contributed by atoms with E-state index >= 15 is 0 Å². The molecule has 0 radical (unpaired) electrons. The first-order chi connectivity index (χ1) is 9.02. The predicted molar refractivity (Wildman–Crippen MR) is 71.2 cm³/mol. The summed E-state index contributed by atoms with van der Waals surface area (Å²) in [6.45, 7) is 3.28. The monoisotopic (exact) mass is 265 g/mol. The number of nitrogens with one attached hydrogen (secondary N) is 1. The molecule has 1 rings (SSSR count). The molecule has 5 heteroatoms. The van der Waals surface area contributed by atoms with Crippen LogP contribution < -0.4 is 10.1 Å². The molecule has 0 aliphatic rings. The summed E-state index contributed by atoms with van der Waals surface area (Å²) >= 11 is 0. The lowest BCUT2D eigenvalue weighted by Crippen LogP contribution is -2.43. The molecule has 0 aliphatic carbocycles. The number of hydrogen-bond donors (Lipinski definition) is 2.